The van der Waals surface area contributed by atoms with Crippen molar-refractivity contribution >= 4 is 0 Å². The molecule has 0 saturated heterocycles. The van der Waals surface area contributed by atoms with Crippen LogP contribution in [-0.2, 0) is 0 Å². The Morgan fingerprint density at radius 2 is 1.31 bits per heavy atom. The topological polar surface area (TPSA) is 0 Å². The van der Waals surface area contributed by atoms with Crippen LogP contribution in [-0.4, -0.2) is 6.67 Å². The normalized spacial score (nSPS) is 40.9. The summed E-state index contributed by atoms with van der Waals surface area (Å²) in [7, 11) is 0. The fourth-order valence-electron chi connectivity index (χ4n) is 3.86. The van der Waals surface area contributed by atoms with Gasteiger partial charge in [0, 0.05) is 0 Å². The van der Waals surface area contributed by atoms with Gasteiger partial charge in [-0.2, -0.15) is 0 Å². The summed E-state index contributed by atoms with van der Waals surface area (Å²) in [6.07, 6.45) is 12.1. The minimum absolute atomic E-state index is 0.101. The quantitative estimate of drug-likeness (QED) is 0.636. The van der Waals surface area contributed by atoms with Gasteiger partial charge in [-0.1, -0.05) is 32.6 Å². The molecule has 0 aromatic carbocycles. The maximum Gasteiger partial charge on any atom is 0.0897 e. The van der Waals surface area contributed by atoms with Crippen molar-refractivity contribution < 1.29 is 4.39 Å². The van der Waals surface area contributed by atoms with Crippen molar-refractivity contribution in [3.63, 3.8) is 0 Å². The van der Waals surface area contributed by atoms with Crippen LogP contribution >= 0.6 is 0 Å². The Bertz CT molecular complexity index is 186. The first-order chi connectivity index (χ1) is 7.79. The van der Waals surface area contributed by atoms with E-state index in [1.165, 1.54) is 51.4 Å². The van der Waals surface area contributed by atoms with Crippen molar-refractivity contribution in [2.45, 2.75) is 64.7 Å². The van der Waals surface area contributed by atoms with E-state index in [0.29, 0.717) is 5.92 Å². The summed E-state index contributed by atoms with van der Waals surface area (Å²) in [5.74, 6) is 3.69. The molecule has 0 amide bonds. The molecular weight excluding hydrogens is 199 g/mol. The lowest BCUT2D eigenvalue weighted by atomic mass is 9.69. The van der Waals surface area contributed by atoms with E-state index in [4.69, 9.17) is 0 Å². The van der Waals surface area contributed by atoms with Gasteiger partial charge in [-0.25, -0.2) is 0 Å². The molecule has 2 aliphatic rings. The van der Waals surface area contributed by atoms with Gasteiger partial charge in [0.15, 0.2) is 0 Å². The minimum atomic E-state index is -0.101. The first-order valence-electron chi connectivity index (χ1n) is 7.35. The lowest BCUT2D eigenvalue weighted by Gasteiger charge is -2.37. The molecule has 2 fully saturated rings. The van der Waals surface area contributed by atoms with E-state index in [-0.39, 0.29) is 6.67 Å². The molecule has 2 saturated carbocycles. The van der Waals surface area contributed by atoms with Crippen LogP contribution in [0.4, 0.5) is 4.39 Å². The maximum atomic E-state index is 12.3. The van der Waals surface area contributed by atoms with Crippen LogP contribution in [0.15, 0.2) is 0 Å². The highest BCUT2D eigenvalue weighted by Gasteiger charge is 2.29. The standard InChI is InChI=1S/C15H27F/c1-12-2-6-14(7-3-12)15-8-4-13(5-9-15)10-11-16/h12-15H,2-11H2,1H3. The Balaban J connectivity index is 1.72. The van der Waals surface area contributed by atoms with Crippen LogP contribution in [0.1, 0.15) is 64.7 Å². The van der Waals surface area contributed by atoms with Gasteiger partial charge in [0.05, 0.1) is 6.67 Å². The van der Waals surface area contributed by atoms with Crippen molar-refractivity contribution in [2.75, 3.05) is 6.67 Å². The van der Waals surface area contributed by atoms with E-state index in [0.717, 1.165) is 24.2 Å². The van der Waals surface area contributed by atoms with Crippen molar-refractivity contribution in [3.05, 3.63) is 0 Å². The third kappa shape index (κ3) is 3.21. The molecule has 0 aromatic rings. The minimum Gasteiger partial charge on any atom is -0.251 e. The van der Waals surface area contributed by atoms with Crippen LogP contribution in [0.3, 0.4) is 0 Å². The van der Waals surface area contributed by atoms with Gasteiger partial charge in [-0.3, -0.25) is 4.39 Å². The fraction of sp³-hybridized carbons (Fsp3) is 1.00. The fourth-order valence-corrected chi connectivity index (χ4v) is 3.86. The van der Waals surface area contributed by atoms with E-state index in [1.807, 2.05) is 0 Å². The summed E-state index contributed by atoms with van der Waals surface area (Å²) in [6.45, 7) is 2.30. The highest BCUT2D eigenvalue weighted by molar-refractivity contribution is 4.81. The molecule has 94 valence electrons. The SMILES string of the molecule is CC1CCC(C2CCC(CCF)CC2)CC1. The highest BCUT2D eigenvalue weighted by atomic mass is 19.1. The Kier molecular flexibility index (Phi) is 4.66. The number of halogens is 1. The third-order valence-electron chi connectivity index (χ3n) is 5.14. The number of hydrogen-bond donors (Lipinski definition) is 0. The predicted octanol–water partition coefficient (Wildman–Crippen LogP) is 4.98. The molecule has 0 radical (unpaired) electrons. The van der Waals surface area contributed by atoms with E-state index >= 15 is 0 Å². The van der Waals surface area contributed by atoms with Crippen molar-refractivity contribution in [3.8, 4) is 0 Å². The second-order valence-electron chi connectivity index (χ2n) is 6.28. The zero-order chi connectivity index (χ0) is 11.4. The van der Waals surface area contributed by atoms with Gasteiger partial charge in [0.2, 0.25) is 0 Å². The molecule has 0 nitrogen and oxygen atoms in total. The van der Waals surface area contributed by atoms with Gasteiger partial charge in [-0.15, -0.1) is 0 Å². The Morgan fingerprint density at radius 1 is 0.812 bits per heavy atom. The Hall–Kier alpha value is -0.0700. The number of hydrogen-bond acceptors (Lipinski definition) is 0. The molecule has 0 heterocycles. The molecule has 2 rings (SSSR count). The molecule has 0 aliphatic heterocycles. The second-order valence-corrected chi connectivity index (χ2v) is 6.28. The van der Waals surface area contributed by atoms with Crippen LogP contribution in [0.2, 0.25) is 0 Å². The van der Waals surface area contributed by atoms with Gasteiger partial charge < -0.3 is 0 Å². The van der Waals surface area contributed by atoms with Crippen molar-refractivity contribution in [1.82, 2.24) is 0 Å². The maximum absolute atomic E-state index is 12.3. The molecule has 1 heteroatoms. The summed E-state index contributed by atoms with van der Waals surface area (Å²) in [5.41, 5.74) is 0. The summed E-state index contributed by atoms with van der Waals surface area (Å²) in [5, 5.41) is 0. The largest absolute Gasteiger partial charge is 0.251 e. The van der Waals surface area contributed by atoms with Crippen LogP contribution in [0.5, 0.6) is 0 Å². The van der Waals surface area contributed by atoms with E-state index in [2.05, 4.69) is 6.92 Å². The third-order valence-corrected chi connectivity index (χ3v) is 5.14. The monoisotopic (exact) mass is 226 g/mol. The molecule has 0 unspecified atom stereocenters. The number of rotatable bonds is 3. The lowest BCUT2D eigenvalue weighted by molar-refractivity contribution is 0.144. The number of alkyl halides is 1. The molecule has 0 bridgehead atoms. The van der Waals surface area contributed by atoms with Crippen LogP contribution in [0.25, 0.3) is 0 Å². The Morgan fingerprint density at radius 3 is 1.81 bits per heavy atom. The highest BCUT2D eigenvalue weighted by Crippen LogP contribution is 2.41. The molecule has 0 spiro atoms. The van der Waals surface area contributed by atoms with Gasteiger partial charge in [0.25, 0.3) is 0 Å². The first kappa shape index (κ1) is 12.4. The lowest BCUT2D eigenvalue weighted by Crippen LogP contribution is -2.25. The van der Waals surface area contributed by atoms with Crippen LogP contribution < -0.4 is 0 Å². The van der Waals surface area contributed by atoms with E-state index in [1.54, 1.807) is 0 Å². The predicted molar refractivity (Wildman–Crippen MR) is 67.2 cm³/mol. The van der Waals surface area contributed by atoms with E-state index in [9.17, 15) is 4.39 Å². The average Bonchev–Trinajstić information content (AvgIpc) is 2.32. The first-order valence-corrected chi connectivity index (χ1v) is 7.35. The van der Waals surface area contributed by atoms with Crippen molar-refractivity contribution in [1.29, 1.82) is 0 Å². The summed E-state index contributed by atoms with van der Waals surface area (Å²) < 4.78 is 12.3. The van der Waals surface area contributed by atoms with Gasteiger partial charge >= 0.3 is 0 Å². The molecular formula is C15H27F. The summed E-state index contributed by atoms with van der Waals surface area (Å²) >= 11 is 0. The smallest absolute Gasteiger partial charge is 0.0897 e. The van der Waals surface area contributed by atoms with Crippen molar-refractivity contribution in [2.24, 2.45) is 23.7 Å². The van der Waals surface area contributed by atoms with E-state index < -0.39 is 0 Å². The average molecular weight is 226 g/mol. The zero-order valence-electron chi connectivity index (χ0n) is 10.8. The molecule has 0 atom stereocenters. The molecule has 0 N–H and O–H groups in total. The second kappa shape index (κ2) is 6.02. The van der Waals surface area contributed by atoms with Gasteiger partial charge in [0.1, 0.15) is 0 Å². The Labute approximate surface area is 100 Å². The van der Waals surface area contributed by atoms with Crippen LogP contribution in [0, 0.1) is 23.7 Å². The summed E-state index contributed by atoms with van der Waals surface area (Å²) in [4.78, 5) is 0. The van der Waals surface area contributed by atoms with Gasteiger partial charge in [-0.05, 0) is 55.8 Å². The molecule has 16 heavy (non-hydrogen) atoms. The molecule has 2 aliphatic carbocycles. The molecule has 0 aromatic heterocycles. The zero-order valence-corrected chi connectivity index (χ0v) is 10.8. The summed E-state index contributed by atoms with van der Waals surface area (Å²) in [6, 6.07) is 0.